The number of nitrogens with two attached hydrogens (primary N) is 1. The van der Waals surface area contributed by atoms with Crippen LogP contribution in [0.4, 0.5) is 5.82 Å². The van der Waals surface area contributed by atoms with Crippen molar-refractivity contribution >= 4 is 11.7 Å². The first-order valence-corrected chi connectivity index (χ1v) is 8.38. The van der Waals surface area contributed by atoms with Gasteiger partial charge in [0.15, 0.2) is 11.5 Å². The number of benzene rings is 1. The lowest BCUT2D eigenvalue weighted by molar-refractivity contribution is 0.0162. The van der Waals surface area contributed by atoms with E-state index in [0.717, 1.165) is 13.1 Å². The fourth-order valence-corrected chi connectivity index (χ4v) is 3.02. The van der Waals surface area contributed by atoms with E-state index in [1.165, 1.54) is 23.5 Å². The summed E-state index contributed by atoms with van der Waals surface area (Å²) in [6.07, 6.45) is 2.93. The molecule has 0 spiro atoms. The summed E-state index contributed by atoms with van der Waals surface area (Å²) in [5, 5.41) is 2.95. The number of nitrogens with one attached hydrogen (secondary N) is 1. The van der Waals surface area contributed by atoms with Crippen LogP contribution in [0.1, 0.15) is 27.7 Å². The minimum Gasteiger partial charge on any atom is -0.382 e. The predicted molar refractivity (Wildman–Crippen MR) is 95.1 cm³/mol. The maximum Gasteiger partial charge on any atom is 0.273 e. The number of hydrogen-bond donors (Lipinski definition) is 2. The Morgan fingerprint density at radius 2 is 2.08 bits per heavy atom. The Kier molecular flexibility index (Phi) is 5.57. The third kappa shape index (κ3) is 4.32. The van der Waals surface area contributed by atoms with Crippen molar-refractivity contribution in [2.24, 2.45) is 0 Å². The van der Waals surface area contributed by atoms with Gasteiger partial charge in [0.25, 0.3) is 5.91 Å². The van der Waals surface area contributed by atoms with Crippen LogP contribution in [-0.4, -0.2) is 53.6 Å². The molecule has 2 aromatic rings. The molecule has 1 aliphatic heterocycles. The summed E-state index contributed by atoms with van der Waals surface area (Å²) in [4.78, 5) is 22.7. The van der Waals surface area contributed by atoms with Crippen molar-refractivity contribution < 1.29 is 9.53 Å². The van der Waals surface area contributed by atoms with Gasteiger partial charge in [0.2, 0.25) is 0 Å². The second-order valence-electron chi connectivity index (χ2n) is 6.08. The van der Waals surface area contributed by atoms with Crippen molar-refractivity contribution in [2.75, 3.05) is 38.6 Å². The van der Waals surface area contributed by atoms with Crippen molar-refractivity contribution in [3.8, 4) is 0 Å². The van der Waals surface area contributed by atoms with Gasteiger partial charge in [0, 0.05) is 32.0 Å². The number of amides is 1. The number of carbonyl (C=O) groups excluding carboxylic acids is 1. The number of anilines is 1. The number of carbonyl (C=O) groups is 1. The Bertz CT molecular complexity index is 731. The minimum atomic E-state index is -0.309. The summed E-state index contributed by atoms with van der Waals surface area (Å²) in [5.41, 5.74) is 8.27. The lowest BCUT2D eigenvalue weighted by Crippen LogP contribution is -2.44. The van der Waals surface area contributed by atoms with Crippen LogP contribution in [0.25, 0.3) is 0 Å². The van der Waals surface area contributed by atoms with Gasteiger partial charge in [-0.3, -0.25) is 9.69 Å². The summed E-state index contributed by atoms with van der Waals surface area (Å²) in [6, 6.07) is 8.43. The quantitative estimate of drug-likeness (QED) is 0.848. The maximum atomic E-state index is 12.4. The van der Waals surface area contributed by atoms with Gasteiger partial charge in [-0.2, -0.15) is 0 Å². The molecule has 0 saturated carbocycles. The second-order valence-corrected chi connectivity index (χ2v) is 6.08. The summed E-state index contributed by atoms with van der Waals surface area (Å²) in [6.45, 7) is 5.61. The lowest BCUT2D eigenvalue weighted by Gasteiger charge is -2.35. The van der Waals surface area contributed by atoms with Crippen molar-refractivity contribution in [1.82, 2.24) is 20.2 Å². The zero-order valence-corrected chi connectivity index (χ0v) is 14.3. The molecule has 1 aliphatic rings. The van der Waals surface area contributed by atoms with E-state index in [-0.39, 0.29) is 23.5 Å². The van der Waals surface area contributed by atoms with E-state index in [2.05, 4.69) is 45.3 Å². The highest BCUT2D eigenvalue weighted by molar-refractivity contribution is 5.96. The Balaban J connectivity index is 1.75. The number of morpholine rings is 1. The fraction of sp³-hybridized carbons (Fsp3) is 0.389. The van der Waals surface area contributed by atoms with Crippen LogP contribution in [0.15, 0.2) is 36.7 Å². The van der Waals surface area contributed by atoms with Crippen molar-refractivity contribution in [1.29, 1.82) is 0 Å². The summed E-state index contributed by atoms with van der Waals surface area (Å²) in [7, 11) is 0. The van der Waals surface area contributed by atoms with Gasteiger partial charge >= 0.3 is 0 Å². The first-order chi connectivity index (χ1) is 12.1. The summed E-state index contributed by atoms with van der Waals surface area (Å²) in [5.74, 6) is -0.171. The van der Waals surface area contributed by atoms with Crippen LogP contribution >= 0.6 is 0 Å². The number of nitrogen functional groups attached to an aromatic ring is 1. The maximum absolute atomic E-state index is 12.4. The lowest BCUT2D eigenvalue weighted by atomic mass is 10.0. The van der Waals surface area contributed by atoms with Crippen LogP contribution < -0.4 is 11.1 Å². The second kappa shape index (κ2) is 8.04. The van der Waals surface area contributed by atoms with E-state index in [0.29, 0.717) is 19.8 Å². The normalized spacial score (nSPS) is 16.4. The molecule has 7 heteroatoms. The highest BCUT2D eigenvalue weighted by atomic mass is 16.5. The van der Waals surface area contributed by atoms with Gasteiger partial charge in [0.1, 0.15) is 0 Å². The molecular weight excluding hydrogens is 318 g/mol. The highest BCUT2D eigenvalue weighted by Crippen LogP contribution is 2.22. The Labute approximate surface area is 147 Å². The number of rotatable bonds is 5. The molecule has 1 amide bonds. The van der Waals surface area contributed by atoms with Crippen molar-refractivity contribution in [2.45, 2.75) is 13.0 Å². The molecule has 1 atom stereocenters. The molecule has 132 valence electrons. The van der Waals surface area contributed by atoms with E-state index in [4.69, 9.17) is 10.5 Å². The molecular formula is C18H23N5O2. The first kappa shape index (κ1) is 17.3. The molecule has 1 fully saturated rings. The monoisotopic (exact) mass is 341 g/mol. The van der Waals surface area contributed by atoms with E-state index in [1.54, 1.807) is 0 Å². The minimum absolute atomic E-state index is 0.0747. The molecule has 1 unspecified atom stereocenters. The van der Waals surface area contributed by atoms with Crippen LogP contribution in [0.5, 0.6) is 0 Å². The number of nitrogens with zero attached hydrogens (tertiary/aromatic N) is 3. The molecule has 0 bridgehead atoms. The van der Waals surface area contributed by atoms with Gasteiger partial charge in [-0.25, -0.2) is 9.97 Å². The Morgan fingerprint density at radius 1 is 1.32 bits per heavy atom. The van der Waals surface area contributed by atoms with Gasteiger partial charge in [-0.05, 0) is 12.5 Å². The van der Waals surface area contributed by atoms with Crippen molar-refractivity contribution in [3.05, 3.63) is 53.5 Å². The summed E-state index contributed by atoms with van der Waals surface area (Å²) >= 11 is 0. The molecule has 0 radical (unpaired) electrons. The van der Waals surface area contributed by atoms with E-state index < -0.39 is 0 Å². The van der Waals surface area contributed by atoms with Gasteiger partial charge in [0.05, 0.1) is 19.3 Å². The molecule has 0 aliphatic carbocycles. The number of hydrogen-bond acceptors (Lipinski definition) is 6. The molecule has 3 N–H and O–H groups in total. The van der Waals surface area contributed by atoms with Crippen LogP contribution in [0.2, 0.25) is 0 Å². The molecule has 1 aromatic carbocycles. The molecule has 2 heterocycles. The van der Waals surface area contributed by atoms with Crippen LogP contribution in [0, 0.1) is 6.92 Å². The van der Waals surface area contributed by atoms with Gasteiger partial charge in [-0.1, -0.05) is 29.8 Å². The topological polar surface area (TPSA) is 93.4 Å². The third-order valence-corrected chi connectivity index (χ3v) is 4.31. The zero-order valence-electron chi connectivity index (χ0n) is 14.3. The molecule has 1 saturated heterocycles. The Morgan fingerprint density at radius 3 is 2.80 bits per heavy atom. The van der Waals surface area contributed by atoms with Crippen LogP contribution in [0.3, 0.4) is 0 Å². The van der Waals surface area contributed by atoms with E-state index >= 15 is 0 Å². The molecule has 25 heavy (non-hydrogen) atoms. The fourth-order valence-electron chi connectivity index (χ4n) is 3.02. The van der Waals surface area contributed by atoms with E-state index in [1.807, 2.05) is 6.07 Å². The first-order valence-electron chi connectivity index (χ1n) is 8.38. The summed E-state index contributed by atoms with van der Waals surface area (Å²) < 4.78 is 5.46. The van der Waals surface area contributed by atoms with Crippen molar-refractivity contribution in [3.63, 3.8) is 0 Å². The zero-order chi connectivity index (χ0) is 17.6. The van der Waals surface area contributed by atoms with Gasteiger partial charge in [-0.15, -0.1) is 0 Å². The molecule has 3 rings (SSSR count). The average molecular weight is 341 g/mol. The smallest absolute Gasteiger partial charge is 0.273 e. The van der Waals surface area contributed by atoms with Gasteiger partial charge < -0.3 is 15.8 Å². The highest BCUT2D eigenvalue weighted by Gasteiger charge is 2.24. The van der Waals surface area contributed by atoms with E-state index in [9.17, 15) is 4.79 Å². The largest absolute Gasteiger partial charge is 0.382 e. The number of ether oxygens (including phenoxy) is 1. The Hall–Kier alpha value is -2.51. The molecule has 1 aromatic heterocycles. The average Bonchev–Trinajstić information content (AvgIpc) is 2.63. The van der Waals surface area contributed by atoms with Crippen LogP contribution in [-0.2, 0) is 4.74 Å². The number of aryl methyl sites for hydroxylation is 1. The number of aromatic nitrogens is 2. The third-order valence-electron chi connectivity index (χ3n) is 4.31. The predicted octanol–water partition coefficient (Wildman–Crippen LogP) is 1.17. The molecule has 7 nitrogen and oxygen atoms in total. The standard InChI is InChI=1S/C18H23N5O2/c1-13-3-2-4-14(11-13)15(23-7-9-25-10-8-23)12-22-18(24)16-17(19)21-6-5-20-16/h2-6,11,15H,7-10,12H2,1H3,(H2,19,21)(H,22,24). The SMILES string of the molecule is Cc1cccc(C(CNC(=O)c2nccnc2N)N2CCOCC2)c1.